The van der Waals surface area contributed by atoms with Crippen molar-refractivity contribution in [3.05, 3.63) is 82.9 Å². The van der Waals surface area contributed by atoms with Crippen LogP contribution in [0.2, 0.25) is 0 Å². The number of carbonyl (C=O) groups excluding carboxylic acids is 1. The number of piperidine rings is 1. The average Bonchev–Trinajstić information content (AvgIpc) is 3.58. The van der Waals surface area contributed by atoms with E-state index in [9.17, 15) is 4.79 Å². The summed E-state index contributed by atoms with van der Waals surface area (Å²) < 4.78 is 0. The van der Waals surface area contributed by atoms with E-state index < -0.39 is 0 Å². The summed E-state index contributed by atoms with van der Waals surface area (Å²) >= 11 is 0. The molecule has 0 bridgehead atoms. The number of rotatable bonds is 8. The van der Waals surface area contributed by atoms with Crippen LogP contribution in [0, 0.1) is 12.8 Å². The van der Waals surface area contributed by atoms with E-state index in [4.69, 9.17) is 0 Å². The van der Waals surface area contributed by atoms with E-state index in [1.807, 2.05) is 29.3 Å². The predicted octanol–water partition coefficient (Wildman–Crippen LogP) is 4.55. The molecule has 6 heteroatoms. The van der Waals surface area contributed by atoms with Crippen molar-refractivity contribution < 1.29 is 4.79 Å². The second-order valence-electron chi connectivity index (χ2n) is 9.68. The number of carbonyl (C=O) groups is 1. The van der Waals surface area contributed by atoms with Crippen LogP contribution in [-0.2, 0) is 13.1 Å². The number of H-pyrrole nitrogens is 1. The van der Waals surface area contributed by atoms with Gasteiger partial charge in [0.1, 0.15) is 5.69 Å². The third kappa shape index (κ3) is 5.50. The first-order chi connectivity index (χ1) is 16.2. The Bertz CT molecular complexity index is 1070. The number of aromatic nitrogens is 3. The first-order valence-electron chi connectivity index (χ1n) is 12.2. The van der Waals surface area contributed by atoms with Crippen LogP contribution in [0.4, 0.5) is 0 Å². The zero-order valence-corrected chi connectivity index (χ0v) is 19.4. The Balaban J connectivity index is 1.23. The van der Waals surface area contributed by atoms with Crippen LogP contribution in [0.15, 0.2) is 54.9 Å². The highest BCUT2D eigenvalue weighted by atomic mass is 16.2. The highest BCUT2D eigenvalue weighted by Gasteiger charge is 2.29. The maximum atomic E-state index is 13.4. The minimum absolute atomic E-state index is 0.0179. The molecule has 2 aliphatic rings. The Labute approximate surface area is 196 Å². The van der Waals surface area contributed by atoms with Gasteiger partial charge in [-0.25, -0.2) is 0 Å². The van der Waals surface area contributed by atoms with Crippen molar-refractivity contribution in [2.75, 3.05) is 19.6 Å². The third-order valence-electron chi connectivity index (χ3n) is 7.06. The molecule has 1 saturated heterocycles. The molecule has 1 N–H and O–H groups in total. The van der Waals surface area contributed by atoms with Crippen LogP contribution in [0.1, 0.15) is 64.5 Å². The molecule has 33 heavy (non-hydrogen) atoms. The smallest absolute Gasteiger partial charge is 0.274 e. The molecule has 2 fully saturated rings. The molecule has 172 valence electrons. The van der Waals surface area contributed by atoms with Gasteiger partial charge in [-0.15, -0.1) is 0 Å². The highest BCUT2D eigenvalue weighted by molar-refractivity contribution is 5.92. The van der Waals surface area contributed by atoms with Crippen molar-refractivity contribution >= 4 is 5.91 Å². The zero-order chi connectivity index (χ0) is 22.6. The Morgan fingerprint density at radius 3 is 2.67 bits per heavy atom. The van der Waals surface area contributed by atoms with Gasteiger partial charge in [0, 0.05) is 43.6 Å². The van der Waals surface area contributed by atoms with Crippen molar-refractivity contribution in [2.45, 2.75) is 51.6 Å². The molecule has 0 radical (unpaired) electrons. The maximum absolute atomic E-state index is 13.4. The van der Waals surface area contributed by atoms with E-state index in [1.54, 1.807) is 6.20 Å². The Morgan fingerprint density at radius 2 is 1.94 bits per heavy atom. The van der Waals surface area contributed by atoms with Crippen molar-refractivity contribution in [3.8, 4) is 0 Å². The summed E-state index contributed by atoms with van der Waals surface area (Å²) in [7, 11) is 0. The van der Waals surface area contributed by atoms with Gasteiger partial charge in [-0.1, -0.05) is 30.3 Å². The van der Waals surface area contributed by atoms with Gasteiger partial charge in [0.05, 0.1) is 0 Å². The lowest BCUT2D eigenvalue weighted by Gasteiger charge is -2.35. The van der Waals surface area contributed by atoms with Crippen LogP contribution in [0.25, 0.3) is 0 Å². The first-order valence-corrected chi connectivity index (χ1v) is 12.2. The number of benzene rings is 1. The summed E-state index contributed by atoms with van der Waals surface area (Å²) in [5.74, 6) is 1.08. The van der Waals surface area contributed by atoms with Gasteiger partial charge < -0.3 is 4.90 Å². The standard InChI is InChI=1S/C27H33N5O/c1-20-5-2-3-7-24(20)19-31-13-10-21(11-14-31)17-32(18-22-6-4-12-28-16-22)27(33)26-15-25(29-30-26)23-8-9-23/h2-7,12,15-16,21,23H,8-11,13-14,17-19H2,1H3,(H,29,30). The minimum Gasteiger partial charge on any atom is -0.333 e. The summed E-state index contributed by atoms with van der Waals surface area (Å²) in [6.07, 6.45) is 8.22. The van der Waals surface area contributed by atoms with Gasteiger partial charge in [-0.2, -0.15) is 5.10 Å². The van der Waals surface area contributed by atoms with Gasteiger partial charge >= 0.3 is 0 Å². The first kappa shape index (κ1) is 21.8. The number of aromatic amines is 1. The molecule has 0 unspecified atom stereocenters. The molecule has 1 aliphatic heterocycles. The lowest BCUT2D eigenvalue weighted by atomic mass is 9.95. The molecule has 3 heterocycles. The van der Waals surface area contributed by atoms with Gasteiger partial charge in [-0.3, -0.25) is 19.8 Å². The molecule has 3 aromatic rings. The van der Waals surface area contributed by atoms with Crippen LogP contribution in [0.5, 0.6) is 0 Å². The monoisotopic (exact) mass is 443 g/mol. The van der Waals surface area contributed by atoms with E-state index in [0.29, 0.717) is 24.1 Å². The van der Waals surface area contributed by atoms with E-state index >= 15 is 0 Å². The van der Waals surface area contributed by atoms with Crippen LogP contribution in [0.3, 0.4) is 0 Å². The second kappa shape index (κ2) is 9.87. The van der Waals surface area contributed by atoms with Gasteiger partial charge in [0.2, 0.25) is 0 Å². The van der Waals surface area contributed by atoms with E-state index in [-0.39, 0.29) is 5.91 Å². The molecule has 6 nitrogen and oxygen atoms in total. The summed E-state index contributed by atoms with van der Waals surface area (Å²) in [4.78, 5) is 22.2. The summed E-state index contributed by atoms with van der Waals surface area (Å²) in [5, 5.41) is 7.45. The quantitative estimate of drug-likeness (QED) is 0.555. The van der Waals surface area contributed by atoms with Crippen molar-refractivity contribution in [2.24, 2.45) is 5.92 Å². The lowest BCUT2D eigenvalue weighted by molar-refractivity contribution is 0.0665. The average molecular weight is 444 g/mol. The van der Waals surface area contributed by atoms with Crippen LogP contribution < -0.4 is 0 Å². The van der Waals surface area contributed by atoms with Crippen molar-refractivity contribution in [3.63, 3.8) is 0 Å². The SMILES string of the molecule is Cc1ccccc1CN1CCC(CN(Cc2cccnc2)C(=O)c2cc(C3CC3)[nH]n2)CC1. The number of pyridine rings is 1. The Morgan fingerprint density at radius 1 is 1.12 bits per heavy atom. The Kier molecular flexibility index (Phi) is 6.53. The molecule has 2 aromatic heterocycles. The number of hydrogen-bond acceptors (Lipinski definition) is 4. The molecule has 1 aliphatic carbocycles. The van der Waals surface area contributed by atoms with Crippen LogP contribution >= 0.6 is 0 Å². The molecular weight excluding hydrogens is 410 g/mol. The van der Waals surface area contributed by atoms with Crippen LogP contribution in [-0.4, -0.2) is 50.5 Å². The highest BCUT2D eigenvalue weighted by Crippen LogP contribution is 2.39. The fourth-order valence-corrected chi connectivity index (χ4v) is 4.81. The molecule has 0 atom stereocenters. The van der Waals surface area contributed by atoms with Crippen molar-refractivity contribution in [1.29, 1.82) is 0 Å². The van der Waals surface area contributed by atoms with Crippen molar-refractivity contribution in [1.82, 2.24) is 25.0 Å². The largest absolute Gasteiger partial charge is 0.333 e. The summed E-state index contributed by atoms with van der Waals surface area (Å²) in [5.41, 5.74) is 5.47. The number of aryl methyl sites for hydroxylation is 1. The predicted molar refractivity (Wildman–Crippen MR) is 129 cm³/mol. The number of likely N-dealkylation sites (tertiary alicyclic amines) is 1. The second-order valence-corrected chi connectivity index (χ2v) is 9.68. The fraction of sp³-hybridized carbons (Fsp3) is 0.444. The zero-order valence-electron chi connectivity index (χ0n) is 19.4. The molecule has 5 rings (SSSR count). The van der Waals surface area contributed by atoms with E-state index in [2.05, 4.69) is 51.3 Å². The Hall–Kier alpha value is -2.99. The molecule has 0 spiro atoms. The molecular formula is C27H33N5O. The minimum atomic E-state index is 0.0179. The fourth-order valence-electron chi connectivity index (χ4n) is 4.81. The number of nitrogens with one attached hydrogen (secondary N) is 1. The lowest BCUT2D eigenvalue weighted by Crippen LogP contribution is -2.40. The van der Waals surface area contributed by atoms with E-state index in [1.165, 1.54) is 24.0 Å². The maximum Gasteiger partial charge on any atom is 0.274 e. The summed E-state index contributed by atoms with van der Waals surface area (Å²) in [6, 6.07) is 14.6. The van der Waals surface area contributed by atoms with E-state index in [0.717, 1.165) is 50.3 Å². The van der Waals surface area contributed by atoms with Gasteiger partial charge in [0.15, 0.2) is 0 Å². The van der Waals surface area contributed by atoms with Gasteiger partial charge in [0.25, 0.3) is 5.91 Å². The number of hydrogen-bond donors (Lipinski definition) is 1. The normalized spacial score (nSPS) is 17.2. The molecule has 1 amide bonds. The number of amides is 1. The van der Waals surface area contributed by atoms with Gasteiger partial charge in [-0.05, 0) is 80.4 Å². The third-order valence-corrected chi connectivity index (χ3v) is 7.06. The number of nitrogens with zero attached hydrogens (tertiary/aromatic N) is 4. The topological polar surface area (TPSA) is 65.1 Å². The molecule has 1 saturated carbocycles. The summed E-state index contributed by atoms with van der Waals surface area (Å²) in [6.45, 7) is 6.67. The molecule has 1 aromatic carbocycles.